The second-order valence-electron chi connectivity index (χ2n) is 5.50. The molecule has 1 aromatic carbocycles. The number of rotatable bonds is 7. The molecule has 2 N–H and O–H groups in total. The highest BCUT2D eigenvalue weighted by Gasteiger charge is 2.02. The number of aliphatic hydroxyl groups excluding tert-OH is 1. The molecule has 2 rings (SSSR count). The van der Waals surface area contributed by atoms with Crippen LogP contribution in [0.1, 0.15) is 25.8 Å². The average Bonchev–Trinajstić information content (AvgIpc) is 2.78. The van der Waals surface area contributed by atoms with E-state index in [1.165, 1.54) is 16.5 Å². The van der Waals surface area contributed by atoms with Crippen molar-refractivity contribution in [1.82, 2.24) is 9.88 Å². The molecule has 0 saturated heterocycles. The minimum atomic E-state index is 0.245. The van der Waals surface area contributed by atoms with Gasteiger partial charge in [-0.15, -0.1) is 0 Å². The molecule has 0 aliphatic rings. The van der Waals surface area contributed by atoms with E-state index in [1.54, 1.807) is 0 Å². The predicted octanol–water partition coefficient (Wildman–Crippen LogP) is 2.77. The average molecular weight is 260 g/mol. The van der Waals surface area contributed by atoms with Gasteiger partial charge in [-0.2, -0.15) is 0 Å². The topological polar surface area (TPSA) is 37.2 Å². The summed E-state index contributed by atoms with van der Waals surface area (Å²) in [6, 6.07) is 8.75. The Hall–Kier alpha value is -1.32. The molecule has 1 aromatic heterocycles. The Bertz CT molecular complexity index is 516. The lowest BCUT2D eigenvalue weighted by atomic mass is 10.1. The molecule has 0 aliphatic carbocycles. The lowest BCUT2D eigenvalue weighted by molar-refractivity contribution is 0.280. The molecule has 0 fully saturated rings. The number of aromatic nitrogens is 1. The van der Waals surface area contributed by atoms with Crippen LogP contribution in [0.2, 0.25) is 0 Å². The van der Waals surface area contributed by atoms with E-state index in [1.807, 2.05) is 0 Å². The highest BCUT2D eigenvalue weighted by atomic mass is 16.3. The molecule has 0 atom stereocenters. The molecule has 0 unspecified atom stereocenters. The summed E-state index contributed by atoms with van der Waals surface area (Å²) in [6.45, 7) is 7.52. The number of fused-ring (bicyclic) bond motifs is 1. The minimum absolute atomic E-state index is 0.245. The van der Waals surface area contributed by atoms with Crippen LogP contribution in [0.25, 0.3) is 10.9 Å². The Morgan fingerprint density at radius 1 is 1.26 bits per heavy atom. The van der Waals surface area contributed by atoms with Crippen molar-refractivity contribution in [3.8, 4) is 0 Å². The van der Waals surface area contributed by atoms with E-state index < -0.39 is 0 Å². The minimum Gasteiger partial charge on any atom is -0.396 e. The fourth-order valence-electron chi connectivity index (χ4n) is 2.28. The van der Waals surface area contributed by atoms with E-state index in [-0.39, 0.29) is 6.61 Å². The summed E-state index contributed by atoms with van der Waals surface area (Å²) < 4.78 is 2.22. The van der Waals surface area contributed by atoms with Crippen molar-refractivity contribution in [3.05, 3.63) is 36.0 Å². The van der Waals surface area contributed by atoms with Gasteiger partial charge in [0.15, 0.2) is 0 Å². The summed E-state index contributed by atoms with van der Waals surface area (Å²) in [5, 5.41) is 13.7. The molecule has 1 heterocycles. The fourth-order valence-corrected chi connectivity index (χ4v) is 2.28. The van der Waals surface area contributed by atoms with Gasteiger partial charge in [-0.05, 0) is 42.0 Å². The summed E-state index contributed by atoms with van der Waals surface area (Å²) in [7, 11) is 0. The molecule has 2 aromatic rings. The first kappa shape index (κ1) is 14.1. The van der Waals surface area contributed by atoms with Gasteiger partial charge in [-0.1, -0.05) is 26.0 Å². The Morgan fingerprint density at radius 3 is 2.84 bits per heavy atom. The number of aliphatic hydroxyl groups is 1. The molecular formula is C16H24N2O. The summed E-state index contributed by atoms with van der Waals surface area (Å²) in [5.74, 6) is 0.678. The van der Waals surface area contributed by atoms with Crippen LogP contribution >= 0.6 is 0 Å². The van der Waals surface area contributed by atoms with Crippen molar-refractivity contribution in [2.45, 2.75) is 33.4 Å². The van der Waals surface area contributed by atoms with E-state index >= 15 is 0 Å². The molecule has 0 amide bonds. The zero-order valence-electron chi connectivity index (χ0n) is 11.9. The molecule has 0 spiro atoms. The van der Waals surface area contributed by atoms with Gasteiger partial charge in [0.1, 0.15) is 0 Å². The Kier molecular flexibility index (Phi) is 5.00. The number of nitrogens with zero attached hydrogens (tertiary/aromatic N) is 1. The molecule has 0 bridgehead atoms. The Balaban J connectivity index is 2.09. The normalized spacial score (nSPS) is 11.6. The molecule has 3 heteroatoms. The maximum atomic E-state index is 8.94. The first-order chi connectivity index (χ1) is 9.20. The molecule has 19 heavy (non-hydrogen) atoms. The summed E-state index contributed by atoms with van der Waals surface area (Å²) in [5.41, 5.74) is 2.58. The quantitative estimate of drug-likeness (QED) is 0.803. The third kappa shape index (κ3) is 3.82. The standard InChI is InChI=1S/C16H24N2O/c1-13(2)11-17-12-14-4-5-15-6-8-18(7-3-9-19)16(15)10-14/h4-6,8,10,13,17,19H,3,7,9,11-12H2,1-2H3. The SMILES string of the molecule is CC(C)CNCc1ccc2ccn(CCCO)c2c1. The maximum absolute atomic E-state index is 8.94. The van der Waals surface area contributed by atoms with Gasteiger partial charge < -0.3 is 15.0 Å². The van der Waals surface area contributed by atoms with Gasteiger partial charge >= 0.3 is 0 Å². The Morgan fingerprint density at radius 2 is 2.11 bits per heavy atom. The first-order valence-corrected chi connectivity index (χ1v) is 7.10. The van der Waals surface area contributed by atoms with Crippen LogP contribution in [0.4, 0.5) is 0 Å². The second kappa shape index (κ2) is 6.73. The van der Waals surface area contributed by atoms with Crippen molar-refractivity contribution in [1.29, 1.82) is 0 Å². The van der Waals surface area contributed by atoms with Gasteiger partial charge in [-0.25, -0.2) is 0 Å². The lowest BCUT2D eigenvalue weighted by Gasteiger charge is -2.09. The van der Waals surface area contributed by atoms with E-state index in [0.717, 1.165) is 26.1 Å². The van der Waals surface area contributed by atoms with Gasteiger partial charge in [0.05, 0.1) is 0 Å². The zero-order valence-corrected chi connectivity index (χ0v) is 11.9. The summed E-state index contributed by atoms with van der Waals surface area (Å²) in [4.78, 5) is 0. The highest BCUT2D eigenvalue weighted by molar-refractivity contribution is 5.80. The van der Waals surface area contributed by atoms with Crippen LogP contribution in [0.15, 0.2) is 30.5 Å². The number of hydrogen-bond acceptors (Lipinski definition) is 2. The molecule has 0 radical (unpaired) electrons. The van der Waals surface area contributed by atoms with Crippen molar-refractivity contribution < 1.29 is 5.11 Å². The van der Waals surface area contributed by atoms with Crippen molar-refractivity contribution >= 4 is 10.9 Å². The predicted molar refractivity (Wildman–Crippen MR) is 80.2 cm³/mol. The fraction of sp³-hybridized carbons (Fsp3) is 0.500. The van der Waals surface area contributed by atoms with E-state index in [2.05, 4.69) is 54.2 Å². The smallest absolute Gasteiger partial charge is 0.0483 e. The van der Waals surface area contributed by atoms with E-state index in [0.29, 0.717) is 5.92 Å². The molecule has 0 saturated carbocycles. The van der Waals surface area contributed by atoms with Crippen LogP contribution in [0, 0.1) is 5.92 Å². The Labute approximate surface area is 115 Å². The first-order valence-electron chi connectivity index (χ1n) is 7.10. The largest absolute Gasteiger partial charge is 0.396 e. The third-order valence-corrected chi connectivity index (χ3v) is 3.28. The van der Waals surface area contributed by atoms with Crippen LogP contribution in [-0.4, -0.2) is 22.8 Å². The van der Waals surface area contributed by atoms with Crippen molar-refractivity contribution in [2.24, 2.45) is 5.92 Å². The summed E-state index contributed by atoms with van der Waals surface area (Å²) in [6.07, 6.45) is 2.91. The van der Waals surface area contributed by atoms with E-state index in [9.17, 15) is 0 Å². The van der Waals surface area contributed by atoms with Crippen LogP contribution in [-0.2, 0) is 13.1 Å². The molecule has 0 aliphatic heterocycles. The molecular weight excluding hydrogens is 236 g/mol. The third-order valence-electron chi connectivity index (χ3n) is 3.28. The van der Waals surface area contributed by atoms with Crippen molar-refractivity contribution in [2.75, 3.05) is 13.2 Å². The zero-order chi connectivity index (χ0) is 13.7. The van der Waals surface area contributed by atoms with Gasteiger partial charge in [0.2, 0.25) is 0 Å². The maximum Gasteiger partial charge on any atom is 0.0483 e. The lowest BCUT2D eigenvalue weighted by Crippen LogP contribution is -2.18. The monoisotopic (exact) mass is 260 g/mol. The van der Waals surface area contributed by atoms with Gasteiger partial charge in [0, 0.05) is 31.4 Å². The van der Waals surface area contributed by atoms with Crippen LogP contribution in [0.5, 0.6) is 0 Å². The van der Waals surface area contributed by atoms with Gasteiger partial charge in [0.25, 0.3) is 0 Å². The van der Waals surface area contributed by atoms with Crippen LogP contribution < -0.4 is 5.32 Å². The van der Waals surface area contributed by atoms with Crippen LogP contribution in [0.3, 0.4) is 0 Å². The molecule has 104 valence electrons. The number of aryl methyl sites for hydroxylation is 1. The highest BCUT2D eigenvalue weighted by Crippen LogP contribution is 2.18. The van der Waals surface area contributed by atoms with E-state index in [4.69, 9.17) is 5.11 Å². The van der Waals surface area contributed by atoms with Crippen molar-refractivity contribution in [3.63, 3.8) is 0 Å². The number of nitrogens with one attached hydrogen (secondary N) is 1. The number of hydrogen-bond donors (Lipinski definition) is 2. The summed E-state index contributed by atoms with van der Waals surface area (Å²) >= 11 is 0. The second-order valence-corrected chi connectivity index (χ2v) is 5.50. The molecule has 3 nitrogen and oxygen atoms in total. The van der Waals surface area contributed by atoms with Gasteiger partial charge in [-0.3, -0.25) is 0 Å². The number of benzene rings is 1.